The van der Waals surface area contributed by atoms with Crippen LogP contribution in [0, 0.1) is 0 Å². The standard InChI is InChI=1S/C23H28N2O3/c1-4-7-22(26)24-19-13-12-18-11-10-17-8-5-6-9-20(17)25(21(18)14-19)23(27)15-28-16(2)3/h5-6,8-9,12-14,16H,4,7,10-11,15H2,1-3H3,(H,24,26). The number of carbonyl (C=O) groups excluding carboxylic acids is 2. The number of nitrogens with zero attached hydrogens (tertiary/aromatic N) is 1. The van der Waals surface area contributed by atoms with Crippen LogP contribution >= 0.6 is 0 Å². The summed E-state index contributed by atoms with van der Waals surface area (Å²) < 4.78 is 5.59. The number of rotatable bonds is 6. The molecule has 0 bridgehead atoms. The number of fused-ring (bicyclic) bond motifs is 2. The minimum absolute atomic E-state index is 0.0118. The van der Waals surface area contributed by atoms with E-state index in [1.165, 1.54) is 0 Å². The van der Waals surface area contributed by atoms with Crippen LogP contribution in [0.2, 0.25) is 0 Å². The second-order valence-corrected chi connectivity index (χ2v) is 7.36. The highest BCUT2D eigenvalue weighted by Gasteiger charge is 2.26. The molecule has 0 fully saturated rings. The van der Waals surface area contributed by atoms with Crippen LogP contribution < -0.4 is 10.2 Å². The number of hydrogen-bond acceptors (Lipinski definition) is 3. The molecule has 0 aromatic heterocycles. The van der Waals surface area contributed by atoms with Gasteiger partial charge in [0.1, 0.15) is 6.61 Å². The molecule has 0 aliphatic carbocycles. The number of hydrogen-bond donors (Lipinski definition) is 1. The first-order valence-corrected chi connectivity index (χ1v) is 9.94. The lowest BCUT2D eigenvalue weighted by Crippen LogP contribution is -2.31. The maximum absolute atomic E-state index is 13.1. The van der Waals surface area contributed by atoms with Crippen molar-refractivity contribution in [1.29, 1.82) is 0 Å². The number of aryl methyl sites for hydroxylation is 2. The van der Waals surface area contributed by atoms with Gasteiger partial charge in [0.25, 0.3) is 5.91 Å². The number of ether oxygens (including phenoxy) is 1. The molecule has 0 unspecified atom stereocenters. The normalized spacial score (nSPS) is 12.9. The lowest BCUT2D eigenvalue weighted by atomic mass is 10.0. The largest absolute Gasteiger partial charge is 0.369 e. The van der Waals surface area contributed by atoms with Gasteiger partial charge in [-0.05, 0) is 62.4 Å². The second-order valence-electron chi connectivity index (χ2n) is 7.36. The molecule has 5 nitrogen and oxygen atoms in total. The van der Waals surface area contributed by atoms with Crippen molar-refractivity contribution in [2.45, 2.75) is 52.6 Å². The highest BCUT2D eigenvalue weighted by Crippen LogP contribution is 2.37. The van der Waals surface area contributed by atoms with Gasteiger partial charge in [-0.2, -0.15) is 0 Å². The average molecular weight is 380 g/mol. The number of nitrogens with one attached hydrogen (secondary N) is 1. The Morgan fingerprint density at radius 1 is 1.07 bits per heavy atom. The maximum atomic E-state index is 13.1. The monoisotopic (exact) mass is 380 g/mol. The Labute approximate surface area is 166 Å². The van der Waals surface area contributed by atoms with Crippen molar-refractivity contribution in [1.82, 2.24) is 0 Å². The second kappa shape index (κ2) is 9.02. The quantitative estimate of drug-likeness (QED) is 0.796. The third-order valence-corrected chi connectivity index (χ3v) is 4.77. The van der Waals surface area contributed by atoms with Crippen molar-refractivity contribution in [3.8, 4) is 0 Å². The minimum Gasteiger partial charge on any atom is -0.369 e. The number of para-hydroxylation sites is 1. The zero-order valence-electron chi connectivity index (χ0n) is 16.8. The van der Waals surface area contributed by atoms with E-state index in [0.29, 0.717) is 12.1 Å². The number of carbonyl (C=O) groups is 2. The van der Waals surface area contributed by atoms with Gasteiger partial charge in [-0.15, -0.1) is 0 Å². The molecular weight excluding hydrogens is 352 g/mol. The summed E-state index contributed by atoms with van der Waals surface area (Å²) in [5, 5.41) is 2.94. The fourth-order valence-electron chi connectivity index (χ4n) is 3.42. The number of anilines is 3. The summed E-state index contributed by atoms with van der Waals surface area (Å²) in [6.45, 7) is 5.82. The van der Waals surface area contributed by atoms with Gasteiger partial charge in [0.05, 0.1) is 17.5 Å². The van der Waals surface area contributed by atoms with E-state index in [9.17, 15) is 9.59 Å². The summed E-state index contributed by atoms with van der Waals surface area (Å²) in [4.78, 5) is 26.9. The highest BCUT2D eigenvalue weighted by atomic mass is 16.5. The smallest absolute Gasteiger partial charge is 0.257 e. The minimum atomic E-state index is -0.110. The fraction of sp³-hybridized carbons (Fsp3) is 0.391. The lowest BCUT2D eigenvalue weighted by Gasteiger charge is -2.26. The van der Waals surface area contributed by atoms with E-state index in [1.807, 2.05) is 57.2 Å². The summed E-state index contributed by atoms with van der Waals surface area (Å²) in [5.74, 6) is -0.126. The number of benzene rings is 2. The molecule has 0 atom stereocenters. The topological polar surface area (TPSA) is 58.6 Å². The SMILES string of the molecule is CCCC(=O)Nc1ccc2c(c1)N(C(=O)COC(C)C)c1ccccc1CC2. The molecule has 5 heteroatoms. The van der Waals surface area contributed by atoms with Crippen LogP contribution in [-0.4, -0.2) is 24.5 Å². The van der Waals surface area contributed by atoms with Crippen molar-refractivity contribution < 1.29 is 14.3 Å². The third-order valence-electron chi connectivity index (χ3n) is 4.77. The highest BCUT2D eigenvalue weighted by molar-refractivity contribution is 6.04. The molecule has 2 aromatic carbocycles. The van der Waals surface area contributed by atoms with Gasteiger partial charge in [0, 0.05) is 12.1 Å². The molecule has 1 N–H and O–H groups in total. The Hall–Kier alpha value is -2.66. The molecular formula is C23H28N2O3. The molecule has 28 heavy (non-hydrogen) atoms. The van der Waals surface area contributed by atoms with Crippen molar-refractivity contribution in [3.05, 3.63) is 53.6 Å². The van der Waals surface area contributed by atoms with E-state index in [2.05, 4.69) is 11.4 Å². The Bertz CT molecular complexity index is 861. The summed E-state index contributed by atoms with van der Waals surface area (Å²) in [6, 6.07) is 13.8. The number of amides is 2. The third kappa shape index (κ3) is 4.60. The van der Waals surface area contributed by atoms with Gasteiger partial charge in [0.15, 0.2) is 0 Å². The lowest BCUT2D eigenvalue weighted by molar-refractivity contribution is -0.123. The first kappa shape index (κ1) is 20.1. The summed E-state index contributed by atoms with van der Waals surface area (Å²) in [7, 11) is 0. The molecule has 1 aliphatic heterocycles. The van der Waals surface area contributed by atoms with Crippen LogP contribution in [0.5, 0.6) is 0 Å². The molecule has 148 valence electrons. The van der Waals surface area contributed by atoms with E-state index in [0.717, 1.165) is 41.8 Å². The van der Waals surface area contributed by atoms with Gasteiger partial charge in [-0.3, -0.25) is 14.5 Å². The predicted molar refractivity (Wildman–Crippen MR) is 112 cm³/mol. The van der Waals surface area contributed by atoms with Gasteiger partial charge in [-0.1, -0.05) is 31.2 Å². The van der Waals surface area contributed by atoms with Gasteiger partial charge >= 0.3 is 0 Å². The first-order chi connectivity index (χ1) is 13.5. The van der Waals surface area contributed by atoms with Crippen molar-refractivity contribution in [3.63, 3.8) is 0 Å². The molecule has 0 spiro atoms. The Kier molecular flexibility index (Phi) is 6.47. The van der Waals surface area contributed by atoms with Crippen LogP contribution in [0.25, 0.3) is 0 Å². The maximum Gasteiger partial charge on any atom is 0.257 e. The zero-order chi connectivity index (χ0) is 20.1. The molecule has 2 amide bonds. The Morgan fingerprint density at radius 3 is 2.50 bits per heavy atom. The molecule has 2 aromatic rings. The molecule has 1 heterocycles. The molecule has 0 radical (unpaired) electrons. The van der Waals surface area contributed by atoms with E-state index >= 15 is 0 Å². The van der Waals surface area contributed by atoms with Crippen LogP contribution in [-0.2, 0) is 27.2 Å². The summed E-state index contributed by atoms with van der Waals surface area (Å²) in [5.41, 5.74) is 4.63. The average Bonchev–Trinajstić information content (AvgIpc) is 2.83. The molecule has 3 rings (SSSR count). The Morgan fingerprint density at radius 2 is 1.79 bits per heavy atom. The van der Waals surface area contributed by atoms with Crippen LogP contribution in [0.1, 0.15) is 44.7 Å². The Balaban J connectivity index is 2.01. The fourth-order valence-corrected chi connectivity index (χ4v) is 3.42. The van der Waals surface area contributed by atoms with E-state index in [1.54, 1.807) is 4.90 Å². The van der Waals surface area contributed by atoms with Crippen molar-refractivity contribution >= 4 is 28.9 Å². The predicted octanol–water partition coefficient (Wildman–Crippen LogP) is 4.61. The molecule has 0 saturated heterocycles. The van der Waals surface area contributed by atoms with Crippen LogP contribution in [0.4, 0.5) is 17.1 Å². The van der Waals surface area contributed by atoms with Crippen molar-refractivity contribution in [2.24, 2.45) is 0 Å². The first-order valence-electron chi connectivity index (χ1n) is 9.94. The van der Waals surface area contributed by atoms with E-state index in [4.69, 9.17) is 4.74 Å². The van der Waals surface area contributed by atoms with Gasteiger partial charge < -0.3 is 10.1 Å². The molecule has 1 aliphatic rings. The van der Waals surface area contributed by atoms with Gasteiger partial charge in [0.2, 0.25) is 5.91 Å². The van der Waals surface area contributed by atoms with Gasteiger partial charge in [-0.25, -0.2) is 0 Å². The van der Waals surface area contributed by atoms with Crippen molar-refractivity contribution in [2.75, 3.05) is 16.8 Å². The van der Waals surface area contributed by atoms with Crippen LogP contribution in [0.3, 0.4) is 0 Å². The molecule has 0 saturated carbocycles. The zero-order valence-corrected chi connectivity index (χ0v) is 16.8. The summed E-state index contributed by atoms with van der Waals surface area (Å²) in [6.07, 6.45) is 2.95. The summed E-state index contributed by atoms with van der Waals surface area (Å²) >= 11 is 0. The van der Waals surface area contributed by atoms with E-state index < -0.39 is 0 Å². The van der Waals surface area contributed by atoms with Crippen LogP contribution in [0.15, 0.2) is 42.5 Å². The van der Waals surface area contributed by atoms with E-state index in [-0.39, 0.29) is 24.5 Å².